The van der Waals surface area contributed by atoms with Crippen LogP contribution in [0.4, 0.5) is 10.2 Å². The second kappa shape index (κ2) is 5.25. The van der Waals surface area contributed by atoms with E-state index >= 15 is 0 Å². The van der Waals surface area contributed by atoms with Crippen LogP contribution >= 0.6 is 0 Å². The van der Waals surface area contributed by atoms with Crippen molar-refractivity contribution in [2.45, 2.75) is 31.7 Å². The van der Waals surface area contributed by atoms with Crippen LogP contribution in [0.3, 0.4) is 0 Å². The Morgan fingerprint density at radius 1 is 1.38 bits per heavy atom. The summed E-state index contributed by atoms with van der Waals surface area (Å²) >= 11 is 0. The molecule has 2 atom stereocenters. The van der Waals surface area contributed by atoms with Crippen LogP contribution in [-0.4, -0.2) is 22.7 Å². The average molecular weight is 224 g/mol. The Kier molecular flexibility index (Phi) is 3.72. The molecular formula is C12H17FN2O. The standard InChI is InChI=1S/C12H17FN2O/c13-10-5-6-12(14-7-10)15-11-4-2-1-3-9(11)8-16/h5-7,9,11,16H,1-4,8H2,(H,14,15). The van der Waals surface area contributed by atoms with Crippen LogP contribution in [0.1, 0.15) is 25.7 Å². The quantitative estimate of drug-likeness (QED) is 0.827. The van der Waals surface area contributed by atoms with Gasteiger partial charge in [0.15, 0.2) is 0 Å². The molecule has 0 saturated heterocycles. The van der Waals surface area contributed by atoms with E-state index in [1.165, 1.54) is 25.1 Å². The van der Waals surface area contributed by atoms with Gasteiger partial charge in [0.2, 0.25) is 0 Å². The highest BCUT2D eigenvalue weighted by molar-refractivity contribution is 5.35. The number of aromatic nitrogens is 1. The molecule has 2 unspecified atom stereocenters. The normalized spacial score (nSPS) is 25.4. The summed E-state index contributed by atoms with van der Waals surface area (Å²) in [6, 6.07) is 3.29. The number of nitrogens with zero attached hydrogens (tertiary/aromatic N) is 1. The fourth-order valence-electron chi connectivity index (χ4n) is 2.27. The van der Waals surface area contributed by atoms with Gasteiger partial charge in [-0.15, -0.1) is 0 Å². The molecule has 1 fully saturated rings. The van der Waals surface area contributed by atoms with Crippen molar-refractivity contribution in [3.05, 3.63) is 24.1 Å². The van der Waals surface area contributed by atoms with Crippen molar-refractivity contribution in [1.29, 1.82) is 0 Å². The molecule has 1 aromatic rings. The van der Waals surface area contributed by atoms with Crippen LogP contribution in [0.5, 0.6) is 0 Å². The number of pyridine rings is 1. The van der Waals surface area contributed by atoms with Gasteiger partial charge in [-0.3, -0.25) is 0 Å². The van der Waals surface area contributed by atoms with E-state index in [9.17, 15) is 9.50 Å². The van der Waals surface area contributed by atoms with Crippen LogP contribution in [0.25, 0.3) is 0 Å². The van der Waals surface area contributed by atoms with Gasteiger partial charge >= 0.3 is 0 Å². The number of anilines is 1. The van der Waals surface area contributed by atoms with E-state index in [-0.39, 0.29) is 18.5 Å². The van der Waals surface area contributed by atoms with Crippen LogP contribution in [0, 0.1) is 11.7 Å². The first-order chi connectivity index (χ1) is 7.79. The third kappa shape index (κ3) is 2.70. The van der Waals surface area contributed by atoms with Crippen molar-refractivity contribution < 1.29 is 9.50 Å². The molecule has 0 aromatic carbocycles. The summed E-state index contributed by atoms with van der Waals surface area (Å²) in [5.41, 5.74) is 0. The lowest BCUT2D eigenvalue weighted by atomic mass is 9.85. The first-order valence-corrected chi connectivity index (χ1v) is 5.78. The van der Waals surface area contributed by atoms with Gasteiger partial charge in [0.05, 0.1) is 6.20 Å². The second-order valence-corrected chi connectivity index (χ2v) is 4.34. The number of halogens is 1. The molecule has 0 amide bonds. The predicted octanol–water partition coefficient (Wildman–Crippen LogP) is 2.18. The van der Waals surface area contributed by atoms with Gasteiger partial charge in [-0.1, -0.05) is 12.8 Å². The zero-order chi connectivity index (χ0) is 11.4. The molecule has 1 aromatic heterocycles. The van der Waals surface area contributed by atoms with Gasteiger partial charge in [0.25, 0.3) is 0 Å². The fraction of sp³-hybridized carbons (Fsp3) is 0.583. The molecule has 88 valence electrons. The molecule has 1 aliphatic rings. The summed E-state index contributed by atoms with van der Waals surface area (Å²) in [7, 11) is 0. The molecule has 1 saturated carbocycles. The minimum absolute atomic E-state index is 0.207. The Labute approximate surface area is 94.7 Å². The Hall–Kier alpha value is -1.16. The maximum Gasteiger partial charge on any atom is 0.141 e. The summed E-state index contributed by atoms with van der Waals surface area (Å²) in [6.45, 7) is 0.207. The van der Waals surface area contributed by atoms with Crippen LogP contribution in [-0.2, 0) is 0 Å². The van der Waals surface area contributed by atoms with Gasteiger partial charge in [0, 0.05) is 18.6 Å². The van der Waals surface area contributed by atoms with Crippen LogP contribution in [0.15, 0.2) is 18.3 Å². The average Bonchev–Trinajstić information content (AvgIpc) is 2.33. The highest BCUT2D eigenvalue weighted by Gasteiger charge is 2.24. The molecule has 16 heavy (non-hydrogen) atoms. The van der Waals surface area contributed by atoms with Crippen LogP contribution in [0.2, 0.25) is 0 Å². The summed E-state index contributed by atoms with van der Waals surface area (Å²) in [5.74, 6) is 0.653. The van der Waals surface area contributed by atoms with Gasteiger partial charge in [-0.2, -0.15) is 0 Å². The van der Waals surface area contributed by atoms with Gasteiger partial charge in [-0.25, -0.2) is 9.37 Å². The number of hydrogen-bond donors (Lipinski definition) is 2. The summed E-state index contributed by atoms with van der Waals surface area (Å²) in [6.07, 6.45) is 5.66. The zero-order valence-electron chi connectivity index (χ0n) is 9.19. The Balaban J connectivity index is 1.99. The minimum Gasteiger partial charge on any atom is -0.396 e. The van der Waals surface area contributed by atoms with Crippen molar-refractivity contribution in [2.75, 3.05) is 11.9 Å². The van der Waals surface area contributed by atoms with Gasteiger partial charge in [-0.05, 0) is 25.0 Å². The molecule has 0 aliphatic heterocycles. The molecule has 4 heteroatoms. The van der Waals surface area contributed by atoms with Gasteiger partial charge in [0.1, 0.15) is 11.6 Å². The molecule has 2 N–H and O–H groups in total. The van der Waals surface area contributed by atoms with E-state index < -0.39 is 0 Å². The SMILES string of the molecule is OCC1CCCCC1Nc1ccc(F)cn1. The Bertz CT molecular complexity index is 328. The predicted molar refractivity (Wildman–Crippen MR) is 60.6 cm³/mol. The maximum atomic E-state index is 12.7. The second-order valence-electron chi connectivity index (χ2n) is 4.34. The molecular weight excluding hydrogens is 207 g/mol. The highest BCUT2D eigenvalue weighted by atomic mass is 19.1. The van der Waals surface area contributed by atoms with Crippen molar-refractivity contribution in [3.63, 3.8) is 0 Å². The molecule has 1 heterocycles. The largest absolute Gasteiger partial charge is 0.396 e. The van der Waals surface area contributed by atoms with Crippen molar-refractivity contribution in [2.24, 2.45) is 5.92 Å². The van der Waals surface area contributed by atoms with Crippen molar-refractivity contribution >= 4 is 5.82 Å². The third-order valence-corrected chi connectivity index (χ3v) is 3.20. The first-order valence-electron chi connectivity index (χ1n) is 5.78. The van der Waals surface area contributed by atoms with E-state index in [1.807, 2.05) is 0 Å². The summed E-state index contributed by atoms with van der Waals surface area (Å²) in [4.78, 5) is 3.97. The van der Waals surface area contributed by atoms with Crippen LogP contribution < -0.4 is 5.32 Å². The zero-order valence-corrected chi connectivity index (χ0v) is 9.19. The molecule has 3 nitrogen and oxygen atoms in total. The number of aliphatic hydroxyl groups excluding tert-OH is 1. The molecule has 0 bridgehead atoms. The number of rotatable bonds is 3. The van der Waals surface area contributed by atoms with Crippen molar-refractivity contribution in [1.82, 2.24) is 4.98 Å². The minimum atomic E-state index is -0.326. The topological polar surface area (TPSA) is 45.1 Å². The number of aliphatic hydroxyl groups is 1. The van der Waals surface area contributed by atoms with E-state index in [2.05, 4.69) is 10.3 Å². The monoisotopic (exact) mass is 224 g/mol. The third-order valence-electron chi connectivity index (χ3n) is 3.20. The van der Waals surface area contributed by atoms with E-state index in [4.69, 9.17) is 0 Å². The number of nitrogens with one attached hydrogen (secondary N) is 1. The Morgan fingerprint density at radius 2 is 2.19 bits per heavy atom. The van der Waals surface area contributed by atoms with Gasteiger partial charge < -0.3 is 10.4 Å². The fourth-order valence-corrected chi connectivity index (χ4v) is 2.27. The molecule has 2 rings (SSSR count). The molecule has 1 aliphatic carbocycles. The highest BCUT2D eigenvalue weighted by Crippen LogP contribution is 2.26. The lowest BCUT2D eigenvalue weighted by molar-refractivity contribution is 0.178. The van der Waals surface area contributed by atoms with Crippen molar-refractivity contribution in [3.8, 4) is 0 Å². The molecule has 0 radical (unpaired) electrons. The van der Waals surface area contributed by atoms with E-state index in [1.54, 1.807) is 6.07 Å². The first kappa shape index (κ1) is 11.3. The Morgan fingerprint density at radius 3 is 2.88 bits per heavy atom. The van der Waals surface area contributed by atoms with E-state index in [0.717, 1.165) is 12.8 Å². The summed E-state index contributed by atoms with van der Waals surface area (Å²) in [5, 5.41) is 12.5. The maximum absolute atomic E-state index is 12.7. The summed E-state index contributed by atoms with van der Waals surface area (Å²) < 4.78 is 12.7. The molecule has 0 spiro atoms. The number of hydrogen-bond acceptors (Lipinski definition) is 3. The lowest BCUT2D eigenvalue weighted by Crippen LogP contribution is -2.34. The smallest absolute Gasteiger partial charge is 0.141 e. The lowest BCUT2D eigenvalue weighted by Gasteiger charge is -2.31. The van der Waals surface area contributed by atoms with E-state index in [0.29, 0.717) is 11.7 Å².